The van der Waals surface area contributed by atoms with E-state index in [1.807, 2.05) is 12.1 Å². The van der Waals surface area contributed by atoms with Gasteiger partial charge in [0.2, 0.25) is 0 Å². The molecular formula is C24H20ClN3O5S. The molecule has 34 heavy (non-hydrogen) atoms. The van der Waals surface area contributed by atoms with Crippen LogP contribution in [0.5, 0.6) is 5.75 Å². The van der Waals surface area contributed by atoms with Crippen molar-refractivity contribution in [2.45, 2.75) is 13.8 Å². The molecule has 174 valence electrons. The summed E-state index contributed by atoms with van der Waals surface area (Å²) in [5, 5.41) is 14.7. The van der Waals surface area contributed by atoms with Crippen molar-refractivity contribution in [3.8, 4) is 11.8 Å². The molecule has 0 bridgehead atoms. The first-order chi connectivity index (χ1) is 16.3. The van der Waals surface area contributed by atoms with Crippen LogP contribution in [0.3, 0.4) is 0 Å². The number of anilines is 2. The maximum absolute atomic E-state index is 12.8. The number of hydrogen-bond acceptors (Lipinski definition) is 7. The third-order valence-electron chi connectivity index (χ3n) is 4.54. The summed E-state index contributed by atoms with van der Waals surface area (Å²) in [4.78, 5) is 38.2. The molecule has 0 radical (unpaired) electrons. The van der Waals surface area contributed by atoms with Gasteiger partial charge in [-0.05, 0) is 49.7 Å². The van der Waals surface area contributed by atoms with Gasteiger partial charge in [0.15, 0.2) is 6.61 Å². The molecule has 0 fully saturated rings. The zero-order valence-electron chi connectivity index (χ0n) is 18.3. The van der Waals surface area contributed by atoms with Gasteiger partial charge in [0.05, 0.1) is 33.7 Å². The van der Waals surface area contributed by atoms with Crippen LogP contribution in [0.25, 0.3) is 0 Å². The van der Waals surface area contributed by atoms with E-state index < -0.39 is 24.4 Å². The number of rotatable bonds is 8. The molecule has 0 atom stereocenters. The summed E-state index contributed by atoms with van der Waals surface area (Å²) in [5.74, 6) is -1.41. The SMILES string of the molecule is CCOC(=O)c1c(NC(=O)COc2ccc(C#N)cc2Cl)sc(C(=O)Nc2ccccc2)c1C. The average molecular weight is 498 g/mol. The van der Waals surface area contributed by atoms with E-state index in [1.54, 1.807) is 38.1 Å². The molecule has 0 saturated carbocycles. The number of benzene rings is 2. The quantitative estimate of drug-likeness (QED) is 0.421. The molecule has 2 aromatic carbocycles. The lowest BCUT2D eigenvalue weighted by Gasteiger charge is -2.09. The highest BCUT2D eigenvalue weighted by atomic mass is 35.5. The Morgan fingerprint density at radius 1 is 1.12 bits per heavy atom. The molecule has 10 heteroatoms. The Bertz CT molecular complexity index is 1270. The zero-order chi connectivity index (χ0) is 24.7. The number of para-hydroxylation sites is 1. The van der Waals surface area contributed by atoms with Gasteiger partial charge >= 0.3 is 5.97 Å². The van der Waals surface area contributed by atoms with E-state index in [1.165, 1.54) is 18.2 Å². The van der Waals surface area contributed by atoms with Crippen molar-refractivity contribution >= 4 is 51.4 Å². The summed E-state index contributed by atoms with van der Waals surface area (Å²) in [6.07, 6.45) is 0. The molecule has 2 amide bonds. The molecule has 1 heterocycles. The summed E-state index contributed by atoms with van der Waals surface area (Å²) in [6.45, 7) is 3.01. The Labute approximate surface area is 205 Å². The minimum absolute atomic E-state index is 0.106. The number of ether oxygens (including phenoxy) is 2. The van der Waals surface area contributed by atoms with Crippen LogP contribution < -0.4 is 15.4 Å². The highest BCUT2D eigenvalue weighted by Crippen LogP contribution is 2.34. The second-order valence-electron chi connectivity index (χ2n) is 6.89. The second kappa shape index (κ2) is 11.3. The number of nitriles is 1. The first kappa shape index (κ1) is 24.8. The molecule has 3 aromatic rings. The molecule has 0 aliphatic heterocycles. The molecule has 1 aromatic heterocycles. The maximum atomic E-state index is 12.8. The third-order valence-corrected chi connectivity index (χ3v) is 6.04. The number of nitrogens with one attached hydrogen (secondary N) is 2. The molecule has 8 nitrogen and oxygen atoms in total. The summed E-state index contributed by atoms with van der Waals surface area (Å²) in [5.41, 5.74) is 1.45. The predicted octanol–water partition coefficient (Wildman–Crippen LogP) is 5.03. The van der Waals surface area contributed by atoms with Crippen molar-refractivity contribution in [3.63, 3.8) is 0 Å². The van der Waals surface area contributed by atoms with Crippen LogP contribution in [0, 0.1) is 18.3 Å². The van der Waals surface area contributed by atoms with Gasteiger partial charge in [0, 0.05) is 5.69 Å². The van der Waals surface area contributed by atoms with E-state index in [0.717, 1.165) is 11.3 Å². The number of carbonyl (C=O) groups is 3. The van der Waals surface area contributed by atoms with Crippen LogP contribution in [0.4, 0.5) is 10.7 Å². The number of esters is 1. The lowest BCUT2D eigenvalue weighted by Crippen LogP contribution is -2.21. The van der Waals surface area contributed by atoms with Gasteiger partial charge in [-0.2, -0.15) is 5.26 Å². The molecule has 0 unspecified atom stereocenters. The van der Waals surface area contributed by atoms with Crippen molar-refractivity contribution in [1.82, 2.24) is 0 Å². The van der Waals surface area contributed by atoms with Crippen LogP contribution in [0.2, 0.25) is 5.02 Å². The van der Waals surface area contributed by atoms with Crippen molar-refractivity contribution < 1.29 is 23.9 Å². The van der Waals surface area contributed by atoms with E-state index in [9.17, 15) is 14.4 Å². The Morgan fingerprint density at radius 3 is 2.50 bits per heavy atom. The van der Waals surface area contributed by atoms with Crippen LogP contribution in [0.1, 0.15) is 38.1 Å². The first-order valence-corrected chi connectivity index (χ1v) is 11.3. The van der Waals surface area contributed by atoms with Crippen molar-refractivity contribution in [2.24, 2.45) is 0 Å². The number of carbonyl (C=O) groups excluding carboxylic acids is 3. The van der Waals surface area contributed by atoms with Gasteiger partial charge in [0.1, 0.15) is 10.8 Å². The fourth-order valence-corrected chi connectivity index (χ4v) is 4.31. The Balaban J connectivity index is 1.79. The van der Waals surface area contributed by atoms with Crippen LogP contribution in [-0.4, -0.2) is 31.0 Å². The second-order valence-corrected chi connectivity index (χ2v) is 8.32. The average Bonchev–Trinajstić information content (AvgIpc) is 3.14. The lowest BCUT2D eigenvalue weighted by atomic mass is 10.1. The van der Waals surface area contributed by atoms with E-state index in [2.05, 4.69) is 10.6 Å². The highest BCUT2D eigenvalue weighted by molar-refractivity contribution is 7.19. The van der Waals surface area contributed by atoms with E-state index in [-0.39, 0.29) is 32.8 Å². The topological polar surface area (TPSA) is 118 Å². The summed E-state index contributed by atoms with van der Waals surface area (Å²) < 4.78 is 10.6. The number of hydrogen-bond donors (Lipinski definition) is 2. The van der Waals surface area contributed by atoms with Crippen LogP contribution in [-0.2, 0) is 9.53 Å². The predicted molar refractivity (Wildman–Crippen MR) is 130 cm³/mol. The fourth-order valence-electron chi connectivity index (χ4n) is 2.97. The molecule has 0 spiro atoms. The lowest BCUT2D eigenvalue weighted by molar-refractivity contribution is -0.118. The minimum Gasteiger partial charge on any atom is -0.482 e. The van der Waals surface area contributed by atoms with Crippen molar-refractivity contribution in [1.29, 1.82) is 5.26 Å². The van der Waals surface area contributed by atoms with Gasteiger partial charge in [0.25, 0.3) is 11.8 Å². The minimum atomic E-state index is -0.652. The first-order valence-electron chi connectivity index (χ1n) is 10.1. The van der Waals surface area contributed by atoms with E-state index in [4.69, 9.17) is 26.3 Å². The van der Waals surface area contributed by atoms with Gasteiger partial charge < -0.3 is 20.1 Å². The molecule has 2 N–H and O–H groups in total. The summed E-state index contributed by atoms with van der Waals surface area (Å²) in [6, 6.07) is 15.2. The molecular weight excluding hydrogens is 478 g/mol. The van der Waals surface area contributed by atoms with Crippen LogP contribution in [0.15, 0.2) is 48.5 Å². The Kier molecular flexibility index (Phi) is 8.24. The van der Waals surface area contributed by atoms with Crippen molar-refractivity contribution in [2.75, 3.05) is 23.8 Å². The van der Waals surface area contributed by atoms with Gasteiger partial charge in [-0.1, -0.05) is 29.8 Å². The van der Waals surface area contributed by atoms with E-state index in [0.29, 0.717) is 16.8 Å². The standard InChI is InChI=1S/C24H20ClN3O5S/c1-3-32-24(31)20-14(2)21(22(30)27-16-7-5-4-6-8-16)34-23(20)28-19(29)13-33-18-10-9-15(12-26)11-17(18)25/h4-11H,3,13H2,1-2H3,(H,27,30)(H,28,29). The molecule has 0 aliphatic carbocycles. The third kappa shape index (κ3) is 5.92. The maximum Gasteiger partial charge on any atom is 0.341 e. The highest BCUT2D eigenvalue weighted by Gasteiger charge is 2.27. The number of nitrogens with zero attached hydrogens (tertiary/aromatic N) is 1. The Hall–Kier alpha value is -3.87. The van der Waals surface area contributed by atoms with Gasteiger partial charge in [-0.3, -0.25) is 9.59 Å². The number of amides is 2. The fraction of sp³-hybridized carbons (Fsp3) is 0.167. The largest absolute Gasteiger partial charge is 0.482 e. The van der Waals surface area contributed by atoms with E-state index >= 15 is 0 Å². The normalized spacial score (nSPS) is 10.2. The van der Waals surface area contributed by atoms with Gasteiger partial charge in [-0.15, -0.1) is 11.3 Å². The molecule has 0 saturated heterocycles. The molecule has 3 rings (SSSR count). The number of halogens is 1. The van der Waals surface area contributed by atoms with Crippen LogP contribution >= 0.6 is 22.9 Å². The zero-order valence-corrected chi connectivity index (χ0v) is 19.9. The monoisotopic (exact) mass is 497 g/mol. The van der Waals surface area contributed by atoms with Crippen molar-refractivity contribution in [3.05, 3.63) is 75.1 Å². The smallest absolute Gasteiger partial charge is 0.341 e. The van der Waals surface area contributed by atoms with Gasteiger partial charge in [-0.25, -0.2) is 4.79 Å². The Morgan fingerprint density at radius 2 is 1.85 bits per heavy atom. The number of thiophene rings is 1. The molecule has 0 aliphatic rings. The summed E-state index contributed by atoms with van der Waals surface area (Å²) in [7, 11) is 0. The summed E-state index contributed by atoms with van der Waals surface area (Å²) >= 11 is 7.03.